The highest BCUT2D eigenvalue weighted by molar-refractivity contribution is 6.01. The predicted octanol–water partition coefficient (Wildman–Crippen LogP) is 6.39. The normalized spacial score (nSPS) is 19.4. The molecule has 0 radical (unpaired) electrons. The second-order valence-corrected chi connectivity index (χ2v) is 9.60. The smallest absolute Gasteiger partial charge is 0.198 e. The van der Waals surface area contributed by atoms with E-state index in [9.17, 15) is 9.59 Å². The first-order chi connectivity index (χ1) is 17.0. The van der Waals surface area contributed by atoms with Gasteiger partial charge in [-0.3, -0.25) is 9.59 Å². The lowest BCUT2D eigenvalue weighted by Crippen LogP contribution is -2.29. The first-order valence-corrected chi connectivity index (χ1v) is 12.0. The number of ketones is 1. The predicted molar refractivity (Wildman–Crippen MR) is 139 cm³/mol. The molecule has 2 heterocycles. The molecule has 5 nitrogen and oxygen atoms in total. The monoisotopic (exact) mass is 462 g/mol. The van der Waals surface area contributed by atoms with Gasteiger partial charge in [-0.2, -0.15) is 0 Å². The van der Waals surface area contributed by atoms with Crippen molar-refractivity contribution in [1.29, 1.82) is 0 Å². The van der Waals surface area contributed by atoms with Crippen molar-refractivity contribution >= 4 is 28.1 Å². The number of hydrogen-bond donors (Lipinski definition) is 2. The summed E-state index contributed by atoms with van der Waals surface area (Å²) in [5, 5.41) is 7.54. The molecule has 1 aliphatic heterocycles. The minimum Gasteiger partial charge on any atom is -0.464 e. The third-order valence-electron chi connectivity index (χ3n) is 7.12. The zero-order valence-electron chi connectivity index (χ0n) is 19.7. The number of carbonyl (C=O) groups is 1. The number of benzene rings is 3. The number of fused-ring (bicyclic) bond motifs is 2. The molecule has 5 heteroatoms. The maximum atomic E-state index is 13.7. The second-order valence-electron chi connectivity index (χ2n) is 9.60. The Balaban J connectivity index is 1.51. The van der Waals surface area contributed by atoms with Gasteiger partial charge >= 0.3 is 0 Å². The number of allylic oxidation sites excluding steroid dienone is 1. The minimum atomic E-state index is -0.603. The third kappa shape index (κ3) is 3.73. The average molecular weight is 463 g/mol. The number of aryl methyl sites for hydroxylation is 2. The molecular formula is C30H26N2O3. The van der Waals surface area contributed by atoms with E-state index in [1.807, 2.05) is 49.4 Å². The quantitative estimate of drug-likeness (QED) is 0.361. The average Bonchev–Trinajstić information content (AvgIpc) is 3.02. The Morgan fingerprint density at radius 3 is 2.40 bits per heavy atom. The van der Waals surface area contributed by atoms with Crippen LogP contribution in [0.15, 0.2) is 93.5 Å². The zero-order chi connectivity index (χ0) is 24.1. The summed E-state index contributed by atoms with van der Waals surface area (Å²) in [6.07, 6.45) is 2.60. The van der Waals surface area contributed by atoms with Gasteiger partial charge in [-0.1, -0.05) is 53.6 Å². The fourth-order valence-electron chi connectivity index (χ4n) is 5.26. The van der Waals surface area contributed by atoms with E-state index < -0.39 is 6.04 Å². The molecule has 0 saturated carbocycles. The van der Waals surface area contributed by atoms with Crippen molar-refractivity contribution < 1.29 is 9.21 Å². The van der Waals surface area contributed by atoms with Crippen LogP contribution in [0.2, 0.25) is 0 Å². The van der Waals surface area contributed by atoms with Crippen LogP contribution < -0.4 is 16.1 Å². The highest BCUT2D eigenvalue weighted by Gasteiger charge is 2.37. The molecule has 1 aliphatic carbocycles. The molecule has 0 amide bonds. The molecule has 0 bridgehead atoms. The number of rotatable bonds is 2. The minimum absolute atomic E-state index is 0.0402. The first kappa shape index (κ1) is 21.4. The zero-order valence-corrected chi connectivity index (χ0v) is 19.7. The van der Waals surface area contributed by atoms with Gasteiger partial charge in [-0.05, 0) is 56.0 Å². The molecule has 174 valence electrons. The Morgan fingerprint density at radius 2 is 1.60 bits per heavy atom. The van der Waals surface area contributed by atoms with Crippen molar-refractivity contribution in [2.24, 2.45) is 0 Å². The maximum Gasteiger partial charge on any atom is 0.198 e. The van der Waals surface area contributed by atoms with Gasteiger partial charge in [0.05, 0.1) is 28.4 Å². The largest absolute Gasteiger partial charge is 0.464 e. The summed E-state index contributed by atoms with van der Waals surface area (Å²) in [5.41, 5.74) is 7.40. The molecule has 2 aliphatic rings. The summed E-state index contributed by atoms with van der Waals surface area (Å²) in [6.45, 7) is 4.01. The van der Waals surface area contributed by atoms with Crippen molar-refractivity contribution in [1.82, 2.24) is 0 Å². The molecule has 1 aromatic heterocycles. The topological polar surface area (TPSA) is 71.3 Å². The van der Waals surface area contributed by atoms with Crippen LogP contribution >= 0.6 is 0 Å². The maximum absolute atomic E-state index is 13.7. The van der Waals surface area contributed by atoms with Crippen LogP contribution in [0.1, 0.15) is 47.1 Å². The van der Waals surface area contributed by atoms with E-state index in [0.29, 0.717) is 34.9 Å². The van der Waals surface area contributed by atoms with Crippen molar-refractivity contribution in [2.45, 2.75) is 38.6 Å². The molecule has 0 saturated heterocycles. The fourth-order valence-corrected chi connectivity index (χ4v) is 5.26. The number of para-hydroxylation sites is 2. The number of hydrogen-bond acceptors (Lipinski definition) is 5. The van der Waals surface area contributed by atoms with Gasteiger partial charge in [0.1, 0.15) is 11.8 Å². The summed E-state index contributed by atoms with van der Waals surface area (Å²) >= 11 is 0. The number of anilines is 2. The van der Waals surface area contributed by atoms with E-state index in [1.165, 1.54) is 11.8 Å². The van der Waals surface area contributed by atoms with Gasteiger partial charge in [0.2, 0.25) is 0 Å². The number of carbonyl (C=O) groups excluding carboxylic acids is 1. The Morgan fingerprint density at radius 1 is 0.857 bits per heavy atom. The van der Waals surface area contributed by atoms with E-state index in [1.54, 1.807) is 0 Å². The highest BCUT2D eigenvalue weighted by Crippen LogP contribution is 2.43. The van der Waals surface area contributed by atoms with E-state index >= 15 is 0 Å². The lowest BCUT2D eigenvalue weighted by Gasteiger charge is -2.29. The van der Waals surface area contributed by atoms with Gasteiger partial charge in [0.15, 0.2) is 11.2 Å². The Labute approximate surface area is 203 Å². The lowest BCUT2D eigenvalue weighted by atomic mass is 9.78. The summed E-state index contributed by atoms with van der Waals surface area (Å²) < 4.78 is 5.88. The Kier molecular flexibility index (Phi) is 5.06. The molecular weight excluding hydrogens is 436 g/mol. The first-order valence-electron chi connectivity index (χ1n) is 12.0. The van der Waals surface area contributed by atoms with Gasteiger partial charge in [0.25, 0.3) is 0 Å². The molecule has 6 rings (SSSR count). The summed E-state index contributed by atoms with van der Waals surface area (Å²) in [5.74, 6) is 0.120. The highest BCUT2D eigenvalue weighted by atomic mass is 16.3. The van der Waals surface area contributed by atoms with Crippen molar-refractivity contribution in [3.05, 3.63) is 117 Å². The van der Waals surface area contributed by atoms with E-state index in [2.05, 4.69) is 41.8 Å². The van der Waals surface area contributed by atoms with E-state index in [0.717, 1.165) is 28.2 Å². The molecule has 4 aromatic rings. The van der Waals surface area contributed by atoms with Crippen LogP contribution in [0.4, 0.5) is 11.4 Å². The number of nitrogens with one attached hydrogen (secondary N) is 2. The molecule has 35 heavy (non-hydrogen) atoms. The van der Waals surface area contributed by atoms with Crippen LogP contribution in [-0.2, 0) is 4.79 Å². The molecule has 3 aromatic carbocycles. The fraction of sp³-hybridized carbons (Fsp3) is 0.200. The standard InChI is InChI=1S/C30H26N2O3/c1-17-7-10-19(11-8-17)20-14-25-28(26(33)15-20)29(32-24-6-4-3-5-23(24)31-25)22-16-35-27-12-9-18(2)13-21(27)30(22)34/h3-13,16,20,29,31-32H,14-15H2,1-2H3/t20-,29-/m1/s1. The van der Waals surface area contributed by atoms with Crippen LogP contribution in [0.25, 0.3) is 11.0 Å². The van der Waals surface area contributed by atoms with Gasteiger partial charge in [-0.15, -0.1) is 0 Å². The molecule has 0 spiro atoms. The number of Topliss-reactive ketones (excluding diaryl/α,β-unsaturated/α-hetero) is 1. The molecule has 2 atom stereocenters. The van der Waals surface area contributed by atoms with Crippen molar-refractivity contribution in [2.75, 3.05) is 10.6 Å². The van der Waals surface area contributed by atoms with Crippen molar-refractivity contribution in [3.63, 3.8) is 0 Å². The summed E-state index contributed by atoms with van der Waals surface area (Å²) in [7, 11) is 0. The van der Waals surface area contributed by atoms with E-state index in [-0.39, 0.29) is 17.1 Å². The van der Waals surface area contributed by atoms with Gasteiger partial charge in [-0.25, -0.2) is 0 Å². The van der Waals surface area contributed by atoms with Crippen LogP contribution in [0, 0.1) is 13.8 Å². The Bertz CT molecular complexity index is 1560. The van der Waals surface area contributed by atoms with Crippen LogP contribution in [-0.4, -0.2) is 5.78 Å². The lowest BCUT2D eigenvalue weighted by molar-refractivity contribution is -0.116. The second kappa shape index (κ2) is 8.27. The van der Waals surface area contributed by atoms with Gasteiger partial charge in [0, 0.05) is 17.7 Å². The summed E-state index contributed by atoms with van der Waals surface area (Å²) in [6, 6.07) is 21.2. The Hall–Kier alpha value is -4.12. The van der Waals surface area contributed by atoms with Crippen LogP contribution in [0.3, 0.4) is 0 Å². The molecule has 0 unspecified atom stereocenters. The molecule has 2 N–H and O–H groups in total. The molecule has 0 fully saturated rings. The summed E-state index contributed by atoms with van der Waals surface area (Å²) in [4.78, 5) is 27.4. The van der Waals surface area contributed by atoms with Crippen LogP contribution in [0.5, 0.6) is 0 Å². The SMILES string of the molecule is Cc1ccc([C@H]2CC(=O)C3=C(C2)Nc2ccccc2N[C@@H]3c2coc3ccc(C)cc3c2=O)cc1. The van der Waals surface area contributed by atoms with Crippen molar-refractivity contribution in [3.8, 4) is 0 Å². The van der Waals surface area contributed by atoms with Gasteiger partial charge < -0.3 is 15.1 Å². The van der Waals surface area contributed by atoms with E-state index in [4.69, 9.17) is 4.42 Å². The third-order valence-corrected chi connectivity index (χ3v) is 7.12.